The number of ether oxygens (including phenoxy) is 1. The Morgan fingerprint density at radius 2 is 1.89 bits per heavy atom. The van der Waals surface area contributed by atoms with Gasteiger partial charge in [-0.1, -0.05) is 12.1 Å². The highest BCUT2D eigenvalue weighted by molar-refractivity contribution is 14.0. The number of hydrogen-bond donors (Lipinski definition) is 2. The largest absolute Gasteiger partial charge is 0.379 e. The smallest absolute Gasteiger partial charge is 0.191 e. The van der Waals surface area contributed by atoms with Gasteiger partial charge in [0.05, 0.1) is 19.3 Å². The standard InChI is InChI=1S/C20H28FN5O.HI/c1-22-20(23-13-16-7-8-25(2)15-16)24-14-19(26-9-11-27-12-10-26)17-3-5-18(21)6-4-17;/h3-8,15,19H,9-14H2,1-2H3,(H2,22,23,24);1H. The number of halogens is 2. The van der Waals surface area contributed by atoms with Gasteiger partial charge in [-0.2, -0.15) is 0 Å². The first-order valence-corrected chi connectivity index (χ1v) is 9.28. The average Bonchev–Trinajstić information content (AvgIpc) is 3.11. The van der Waals surface area contributed by atoms with E-state index in [0.29, 0.717) is 13.1 Å². The number of benzene rings is 1. The van der Waals surface area contributed by atoms with Gasteiger partial charge in [0.1, 0.15) is 5.82 Å². The van der Waals surface area contributed by atoms with Gasteiger partial charge in [0.2, 0.25) is 0 Å². The minimum atomic E-state index is -0.215. The van der Waals surface area contributed by atoms with Crippen molar-refractivity contribution in [2.24, 2.45) is 12.0 Å². The summed E-state index contributed by atoms with van der Waals surface area (Å²) in [7, 11) is 3.77. The monoisotopic (exact) mass is 501 g/mol. The number of aryl methyl sites for hydroxylation is 1. The van der Waals surface area contributed by atoms with Crippen LogP contribution >= 0.6 is 24.0 Å². The highest BCUT2D eigenvalue weighted by Gasteiger charge is 2.23. The second kappa shape index (κ2) is 11.4. The molecule has 0 saturated carbocycles. The lowest BCUT2D eigenvalue weighted by Gasteiger charge is -2.35. The zero-order chi connectivity index (χ0) is 19.1. The zero-order valence-corrected chi connectivity index (χ0v) is 18.7. The molecule has 1 unspecified atom stereocenters. The van der Waals surface area contributed by atoms with Crippen LogP contribution < -0.4 is 10.6 Å². The number of rotatable bonds is 6. The van der Waals surface area contributed by atoms with Gasteiger partial charge in [0, 0.05) is 52.7 Å². The molecule has 0 spiro atoms. The second-order valence-corrected chi connectivity index (χ2v) is 6.71. The van der Waals surface area contributed by atoms with Crippen LogP contribution in [0.15, 0.2) is 47.7 Å². The van der Waals surface area contributed by atoms with Gasteiger partial charge in [-0.15, -0.1) is 24.0 Å². The summed E-state index contributed by atoms with van der Waals surface area (Å²) in [6.07, 6.45) is 4.10. The van der Waals surface area contributed by atoms with Crippen molar-refractivity contribution in [2.45, 2.75) is 12.6 Å². The molecule has 154 valence electrons. The lowest BCUT2D eigenvalue weighted by molar-refractivity contribution is 0.0170. The Labute approximate surface area is 183 Å². The summed E-state index contributed by atoms with van der Waals surface area (Å²) in [6, 6.07) is 8.96. The molecule has 2 aromatic rings. The van der Waals surface area contributed by atoms with E-state index in [0.717, 1.165) is 37.8 Å². The first kappa shape index (κ1) is 22.6. The van der Waals surface area contributed by atoms with Crippen molar-refractivity contribution in [3.8, 4) is 0 Å². The van der Waals surface area contributed by atoms with E-state index in [1.165, 1.54) is 17.7 Å². The third-order valence-electron chi connectivity index (χ3n) is 4.78. The van der Waals surface area contributed by atoms with Crippen molar-refractivity contribution in [1.29, 1.82) is 0 Å². The summed E-state index contributed by atoms with van der Waals surface area (Å²) in [5.74, 6) is 0.534. The predicted molar refractivity (Wildman–Crippen MR) is 121 cm³/mol. The normalized spacial score (nSPS) is 16.3. The molecule has 0 aliphatic carbocycles. The Kier molecular flexibility index (Phi) is 9.20. The molecule has 1 atom stereocenters. The molecule has 3 rings (SSSR count). The van der Waals surface area contributed by atoms with E-state index in [1.807, 2.05) is 29.9 Å². The van der Waals surface area contributed by atoms with Crippen LogP contribution in [0.1, 0.15) is 17.2 Å². The maximum absolute atomic E-state index is 13.3. The topological polar surface area (TPSA) is 53.8 Å². The number of aliphatic imine (C=N–C) groups is 1. The van der Waals surface area contributed by atoms with Crippen molar-refractivity contribution in [3.63, 3.8) is 0 Å². The SMILES string of the molecule is CN=C(NCc1ccn(C)c1)NCC(c1ccc(F)cc1)N1CCOCC1.I. The number of aromatic nitrogens is 1. The van der Waals surface area contributed by atoms with Crippen LogP contribution in [0.2, 0.25) is 0 Å². The first-order valence-electron chi connectivity index (χ1n) is 9.28. The fraction of sp³-hybridized carbons (Fsp3) is 0.450. The molecule has 0 bridgehead atoms. The van der Waals surface area contributed by atoms with Crippen molar-refractivity contribution in [3.05, 3.63) is 59.7 Å². The third-order valence-corrected chi connectivity index (χ3v) is 4.78. The molecule has 8 heteroatoms. The minimum Gasteiger partial charge on any atom is -0.379 e. The van der Waals surface area contributed by atoms with E-state index in [2.05, 4.69) is 32.8 Å². The number of nitrogens with one attached hydrogen (secondary N) is 2. The lowest BCUT2D eigenvalue weighted by Crippen LogP contribution is -2.46. The van der Waals surface area contributed by atoms with E-state index in [-0.39, 0.29) is 35.8 Å². The summed E-state index contributed by atoms with van der Waals surface area (Å²) in [6.45, 7) is 4.55. The van der Waals surface area contributed by atoms with E-state index in [4.69, 9.17) is 4.74 Å². The Morgan fingerprint density at radius 3 is 2.50 bits per heavy atom. The Hall–Kier alpha value is -1.65. The quantitative estimate of drug-likeness (QED) is 0.363. The number of guanidine groups is 1. The van der Waals surface area contributed by atoms with E-state index in [9.17, 15) is 4.39 Å². The molecule has 2 N–H and O–H groups in total. The molecule has 28 heavy (non-hydrogen) atoms. The van der Waals surface area contributed by atoms with Gasteiger partial charge in [0.25, 0.3) is 0 Å². The molecular weight excluding hydrogens is 472 g/mol. The Balaban J connectivity index is 0.00000280. The summed E-state index contributed by atoms with van der Waals surface area (Å²) in [5.41, 5.74) is 2.29. The van der Waals surface area contributed by atoms with Crippen LogP contribution in [-0.2, 0) is 18.3 Å². The second-order valence-electron chi connectivity index (χ2n) is 6.71. The molecule has 1 aromatic carbocycles. The minimum absolute atomic E-state index is 0. The van der Waals surface area contributed by atoms with Crippen LogP contribution in [0, 0.1) is 5.82 Å². The van der Waals surface area contributed by atoms with Crippen LogP contribution in [0.5, 0.6) is 0 Å². The molecule has 2 heterocycles. The van der Waals surface area contributed by atoms with Crippen molar-refractivity contribution in [2.75, 3.05) is 39.9 Å². The lowest BCUT2D eigenvalue weighted by atomic mass is 10.0. The maximum Gasteiger partial charge on any atom is 0.191 e. The molecule has 0 amide bonds. The fourth-order valence-corrected chi connectivity index (χ4v) is 3.30. The van der Waals surface area contributed by atoms with Gasteiger partial charge < -0.3 is 19.9 Å². The summed E-state index contributed by atoms with van der Waals surface area (Å²) in [5, 5.41) is 6.75. The summed E-state index contributed by atoms with van der Waals surface area (Å²) in [4.78, 5) is 6.69. The maximum atomic E-state index is 13.3. The van der Waals surface area contributed by atoms with Gasteiger partial charge >= 0.3 is 0 Å². The molecule has 1 aliphatic heterocycles. The Morgan fingerprint density at radius 1 is 1.18 bits per heavy atom. The van der Waals surface area contributed by atoms with Gasteiger partial charge in [0.15, 0.2) is 5.96 Å². The third kappa shape index (κ3) is 6.46. The van der Waals surface area contributed by atoms with Crippen LogP contribution in [-0.4, -0.2) is 55.3 Å². The zero-order valence-electron chi connectivity index (χ0n) is 16.4. The van der Waals surface area contributed by atoms with Crippen molar-refractivity contribution >= 4 is 29.9 Å². The van der Waals surface area contributed by atoms with Crippen LogP contribution in [0.3, 0.4) is 0 Å². The van der Waals surface area contributed by atoms with Gasteiger partial charge in [-0.05, 0) is 29.3 Å². The highest BCUT2D eigenvalue weighted by atomic mass is 127. The molecular formula is C20H29FIN5O. The fourth-order valence-electron chi connectivity index (χ4n) is 3.30. The van der Waals surface area contributed by atoms with E-state index < -0.39 is 0 Å². The Bertz CT molecular complexity index is 743. The molecule has 1 aliphatic rings. The number of nitrogens with zero attached hydrogens (tertiary/aromatic N) is 3. The number of hydrogen-bond acceptors (Lipinski definition) is 3. The molecule has 1 saturated heterocycles. The van der Waals surface area contributed by atoms with E-state index >= 15 is 0 Å². The molecule has 1 aromatic heterocycles. The summed E-state index contributed by atoms with van der Waals surface area (Å²) >= 11 is 0. The first-order chi connectivity index (χ1) is 13.2. The van der Waals surface area contributed by atoms with Crippen LogP contribution in [0.4, 0.5) is 4.39 Å². The van der Waals surface area contributed by atoms with Gasteiger partial charge in [-0.3, -0.25) is 9.89 Å². The number of morpholine rings is 1. The average molecular weight is 501 g/mol. The highest BCUT2D eigenvalue weighted by Crippen LogP contribution is 2.21. The van der Waals surface area contributed by atoms with Crippen LogP contribution in [0.25, 0.3) is 0 Å². The predicted octanol–water partition coefficient (Wildman–Crippen LogP) is 2.52. The van der Waals surface area contributed by atoms with Crippen molar-refractivity contribution in [1.82, 2.24) is 20.1 Å². The van der Waals surface area contributed by atoms with Gasteiger partial charge in [-0.25, -0.2) is 4.39 Å². The molecule has 6 nitrogen and oxygen atoms in total. The van der Waals surface area contributed by atoms with Crippen molar-refractivity contribution < 1.29 is 9.13 Å². The molecule has 0 radical (unpaired) electrons. The van der Waals surface area contributed by atoms with E-state index in [1.54, 1.807) is 7.05 Å². The molecule has 1 fully saturated rings. The summed E-state index contributed by atoms with van der Waals surface area (Å²) < 4.78 is 20.8.